The van der Waals surface area contributed by atoms with Crippen LogP contribution in [0.2, 0.25) is 0 Å². The first-order chi connectivity index (χ1) is 13.9. The topological polar surface area (TPSA) is 45.5 Å². The molecule has 3 rings (SSSR count). The van der Waals surface area contributed by atoms with Crippen molar-refractivity contribution in [2.75, 3.05) is 19.0 Å². The molecule has 1 N–H and O–H groups in total. The molecule has 10 heteroatoms. The average molecular weight is 430 g/mol. The first-order valence-electron chi connectivity index (χ1n) is 8.62. The van der Waals surface area contributed by atoms with Gasteiger partial charge in [0.1, 0.15) is 5.58 Å². The van der Waals surface area contributed by atoms with E-state index in [-0.39, 0.29) is 11.3 Å². The number of furan rings is 1. The summed E-state index contributed by atoms with van der Waals surface area (Å²) >= 11 is 0. The van der Waals surface area contributed by atoms with E-state index in [9.17, 15) is 31.1 Å². The number of halogens is 6. The zero-order chi connectivity index (χ0) is 22.3. The maximum atomic E-state index is 13.5. The van der Waals surface area contributed by atoms with Gasteiger partial charge in [-0.2, -0.15) is 26.3 Å². The molecule has 0 bridgehead atoms. The van der Waals surface area contributed by atoms with Crippen LogP contribution in [0.3, 0.4) is 0 Å². The van der Waals surface area contributed by atoms with Crippen LogP contribution in [0.4, 0.5) is 32.0 Å². The van der Waals surface area contributed by atoms with Gasteiger partial charge in [-0.3, -0.25) is 4.79 Å². The van der Waals surface area contributed by atoms with Crippen molar-refractivity contribution in [1.29, 1.82) is 0 Å². The molecule has 0 spiro atoms. The highest BCUT2D eigenvalue weighted by atomic mass is 19.4. The summed E-state index contributed by atoms with van der Waals surface area (Å²) in [5, 5.41) is 2.23. The van der Waals surface area contributed by atoms with E-state index in [4.69, 9.17) is 4.42 Å². The van der Waals surface area contributed by atoms with Crippen LogP contribution in [0.25, 0.3) is 11.0 Å². The van der Waals surface area contributed by atoms with Crippen molar-refractivity contribution in [1.82, 2.24) is 5.32 Å². The molecule has 1 heterocycles. The molecular weight excluding hydrogens is 414 g/mol. The Kier molecular flexibility index (Phi) is 5.44. The fourth-order valence-corrected chi connectivity index (χ4v) is 2.87. The molecule has 0 aliphatic carbocycles. The normalized spacial score (nSPS) is 13.3. The lowest BCUT2D eigenvalue weighted by molar-refractivity contribution is -0.156. The summed E-state index contributed by atoms with van der Waals surface area (Å²) in [6.07, 6.45) is -9.84. The Morgan fingerprint density at radius 2 is 1.70 bits per heavy atom. The number of carbonyl (C=O) groups excluding carboxylic acids is 1. The Hall–Kier alpha value is -3.17. The number of alkyl halides is 6. The van der Waals surface area contributed by atoms with E-state index < -0.39 is 35.4 Å². The number of nitrogens with one attached hydrogen (secondary N) is 1. The fourth-order valence-electron chi connectivity index (χ4n) is 2.87. The van der Waals surface area contributed by atoms with E-state index in [1.54, 1.807) is 42.5 Å². The molecule has 0 saturated carbocycles. The number of benzene rings is 2. The van der Waals surface area contributed by atoms with Crippen LogP contribution in [-0.2, 0) is 6.18 Å². The highest BCUT2D eigenvalue weighted by molar-refractivity contribution is 5.97. The van der Waals surface area contributed by atoms with Crippen LogP contribution in [0.15, 0.2) is 52.9 Å². The van der Waals surface area contributed by atoms with Crippen LogP contribution in [0, 0.1) is 0 Å². The summed E-state index contributed by atoms with van der Waals surface area (Å²) in [5.74, 6) is -1.58. The Balaban J connectivity index is 1.93. The third-order valence-corrected chi connectivity index (χ3v) is 4.39. The molecule has 0 fully saturated rings. The van der Waals surface area contributed by atoms with Crippen molar-refractivity contribution in [2.45, 2.75) is 18.4 Å². The van der Waals surface area contributed by atoms with E-state index in [1.165, 1.54) is 6.07 Å². The first kappa shape index (κ1) is 21.5. The van der Waals surface area contributed by atoms with Crippen molar-refractivity contribution < 1.29 is 35.6 Å². The molecule has 0 saturated heterocycles. The van der Waals surface area contributed by atoms with E-state index in [0.29, 0.717) is 17.5 Å². The molecule has 0 aliphatic heterocycles. The minimum Gasteiger partial charge on any atom is -0.451 e. The van der Waals surface area contributed by atoms with Crippen molar-refractivity contribution in [3.8, 4) is 0 Å². The molecular formula is C20H16F6N2O2. The number of amides is 1. The molecule has 1 amide bonds. The van der Waals surface area contributed by atoms with Crippen LogP contribution >= 0.6 is 0 Å². The zero-order valence-electron chi connectivity index (χ0n) is 15.7. The summed E-state index contributed by atoms with van der Waals surface area (Å²) in [7, 11) is 3.58. The van der Waals surface area contributed by atoms with Crippen molar-refractivity contribution in [3.05, 3.63) is 65.4 Å². The number of rotatable bonds is 4. The van der Waals surface area contributed by atoms with Gasteiger partial charge in [0.05, 0.1) is 5.56 Å². The van der Waals surface area contributed by atoms with Gasteiger partial charge in [-0.1, -0.05) is 12.1 Å². The third-order valence-electron chi connectivity index (χ3n) is 4.39. The highest BCUT2D eigenvalue weighted by Gasteiger charge is 2.43. The molecule has 160 valence electrons. The maximum absolute atomic E-state index is 13.5. The van der Waals surface area contributed by atoms with Gasteiger partial charge in [-0.25, -0.2) is 0 Å². The molecule has 4 nitrogen and oxygen atoms in total. The SMILES string of the molecule is CN(C)c1ccc2oc(C(=O)NC(c3cccc(C(F)(F)F)c3)C(F)(F)F)cc2c1. The maximum Gasteiger partial charge on any atom is 0.416 e. The van der Waals surface area contributed by atoms with Gasteiger partial charge in [0.15, 0.2) is 11.8 Å². The summed E-state index contributed by atoms with van der Waals surface area (Å²) in [4.78, 5) is 14.2. The molecule has 1 atom stereocenters. The fraction of sp³-hybridized carbons (Fsp3) is 0.250. The highest BCUT2D eigenvalue weighted by Crippen LogP contribution is 2.36. The van der Waals surface area contributed by atoms with Crippen LogP contribution in [-0.4, -0.2) is 26.2 Å². The van der Waals surface area contributed by atoms with E-state index >= 15 is 0 Å². The molecule has 30 heavy (non-hydrogen) atoms. The molecule has 1 unspecified atom stereocenters. The van der Waals surface area contributed by atoms with Crippen LogP contribution < -0.4 is 10.2 Å². The second kappa shape index (κ2) is 7.58. The summed E-state index contributed by atoms with van der Waals surface area (Å²) in [6.45, 7) is 0. The van der Waals surface area contributed by atoms with Gasteiger partial charge in [0, 0.05) is 25.2 Å². The predicted molar refractivity (Wildman–Crippen MR) is 98.2 cm³/mol. The number of nitrogens with zero attached hydrogens (tertiary/aromatic N) is 1. The van der Waals surface area contributed by atoms with Crippen molar-refractivity contribution >= 4 is 22.6 Å². The predicted octanol–water partition coefficient (Wildman–Crippen LogP) is 5.55. The van der Waals surface area contributed by atoms with Gasteiger partial charge in [0.25, 0.3) is 5.91 Å². The second-order valence-electron chi connectivity index (χ2n) is 6.80. The minimum absolute atomic E-state index is 0.286. The molecule has 1 aromatic heterocycles. The largest absolute Gasteiger partial charge is 0.451 e. The minimum atomic E-state index is -5.02. The second-order valence-corrected chi connectivity index (χ2v) is 6.80. The van der Waals surface area contributed by atoms with Gasteiger partial charge < -0.3 is 14.6 Å². The third kappa shape index (κ3) is 4.52. The Bertz CT molecular complexity index is 1070. The van der Waals surface area contributed by atoms with E-state index in [2.05, 4.69) is 0 Å². The molecule has 0 radical (unpaired) electrons. The smallest absolute Gasteiger partial charge is 0.416 e. The Labute approximate surface area is 167 Å². The van der Waals surface area contributed by atoms with E-state index in [1.807, 2.05) is 0 Å². The number of hydrogen-bond donors (Lipinski definition) is 1. The van der Waals surface area contributed by atoms with Gasteiger partial charge in [-0.15, -0.1) is 0 Å². The van der Waals surface area contributed by atoms with E-state index in [0.717, 1.165) is 17.8 Å². The number of hydrogen-bond acceptors (Lipinski definition) is 3. The lowest BCUT2D eigenvalue weighted by Gasteiger charge is -2.22. The lowest BCUT2D eigenvalue weighted by Crippen LogP contribution is -2.38. The van der Waals surface area contributed by atoms with Gasteiger partial charge >= 0.3 is 12.4 Å². The summed E-state index contributed by atoms with van der Waals surface area (Å²) in [5.41, 5.74) is -0.916. The zero-order valence-corrected chi connectivity index (χ0v) is 15.7. The quantitative estimate of drug-likeness (QED) is 0.552. The Morgan fingerprint density at radius 3 is 2.30 bits per heavy atom. The number of fused-ring (bicyclic) bond motifs is 1. The lowest BCUT2D eigenvalue weighted by atomic mass is 10.0. The van der Waals surface area contributed by atoms with Crippen LogP contribution in [0.5, 0.6) is 0 Å². The molecule has 3 aromatic rings. The van der Waals surface area contributed by atoms with Crippen LogP contribution in [0.1, 0.15) is 27.7 Å². The van der Waals surface area contributed by atoms with Crippen molar-refractivity contribution in [2.24, 2.45) is 0 Å². The number of carbonyl (C=O) groups is 1. The standard InChI is InChI=1S/C20H16F6N2O2/c1-28(2)14-6-7-15-12(9-14)10-16(30-15)18(29)27-17(20(24,25)26)11-4-3-5-13(8-11)19(21,22)23/h3-10,17H,1-2H3,(H,27,29). The Morgan fingerprint density at radius 1 is 1.00 bits per heavy atom. The summed E-state index contributed by atoms with van der Waals surface area (Å²) < 4.78 is 84.5. The molecule has 2 aromatic carbocycles. The van der Waals surface area contributed by atoms with Gasteiger partial charge in [-0.05, 0) is 42.0 Å². The van der Waals surface area contributed by atoms with Gasteiger partial charge in [0.2, 0.25) is 0 Å². The number of anilines is 1. The van der Waals surface area contributed by atoms with Crippen molar-refractivity contribution in [3.63, 3.8) is 0 Å². The summed E-state index contributed by atoms with van der Waals surface area (Å²) in [6, 6.07) is 6.33. The first-order valence-corrected chi connectivity index (χ1v) is 8.62. The average Bonchev–Trinajstić information content (AvgIpc) is 3.07. The molecule has 0 aliphatic rings. The monoisotopic (exact) mass is 430 g/mol.